The van der Waals surface area contributed by atoms with Gasteiger partial charge in [-0.1, -0.05) is 30.3 Å². The standard InChI is InChI=1S/C12H13NS/c1-10-7-12(13-8-10)14-9-11-5-3-2-4-6-11/h2-8,13H,9H2,1H3. The first kappa shape index (κ1) is 9.41. The maximum absolute atomic E-state index is 3.24. The van der Waals surface area contributed by atoms with Crippen LogP contribution < -0.4 is 0 Å². The summed E-state index contributed by atoms with van der Waals surface area (Å²) in [6, 6.07) is 12.7. The summed E-state index contributed by atoms with van der Waals surface area (Å²) in [5.74, 6) is 1.03. The fourth-order valence-electron chi connectivity index (χ4n) is 1.29. The zero-order valence-corrected chi connectivity index (χ0v) is 8.97. The van der Waals surface area contributed by atoms with E-state index in [1.807, 2.05) is 24.0 Å². The molecule has 72 valence electrons. The van der Waals surface area contributed by atoms with Gasteiger partial charge in [0.25, 0.3) is 0 Å². The van der Waals surface area contributed by atoms with Crippen LogP contribution in [-0.4, -0.2) is 4.98 Å². The van der Waals surface area contributed by atoms with E-state index >= 15 is 0 Å². The quantitative estimate of drug-likeness (QED) is 0.753. The van der Waals surface area contributed by atoms with Gasteiger partial charge in [0, 0.05) is 11.9 Å². The lowest BCUT2D eigenvalue weighted by molar-refractivity contribution is 1.20. The number of aromatic amines is 1. The molecule has 1 aromatic carbocycles. The second kappa shape index (κ2) is 4.38. The highest BCUT2D eigenvalue weighted by Crippen LogP contribution is 2.21. The van der Waals surface area contributed by atoms with Gasteiger partial charge < -0.3 is 4.98 Å². The van der Waals surface area contributed by atoms with Gasteiger partial charge >= 0.3 is 0 Å². The molecular weight excluding hydrogens is 190 g/mol. The molecule has 0 bridgehead atoms. The number of H-pyrrole nitrogens is 1. The minimum atomic E-state index is 1.03. The summed E-state index contributed by atoms with van der Waals surface area (Å²) >= 11 is 1.84. The second-order valence-corrected chi connectivity index (χ2v) is 4.33. The SMILES string of the molecule is Cc1c[nH]c(SCc2ccccc2)c1. The van der Waals surface area contributed by atoms with E-state index in [9.17, 15) is 0 Å². The molecule has 14 heavy (non-hydrogen) atoms. The third-order valence-electron chi connectivity index (χ3n) is 2.04. The maximum Gasteiger partial charge on any atom is 0.0727 e. The largest absolute Gasteiger partial charge is 0.356 e. The molecule has 0 aliphatic heterocycles. The van der Waals surface area contributed by atoms with Crippen LogP contribution in [0.25, 0.3) is 0 Å². The van der Waals surface area contributed by atoms with Crippen LogP contribution in [0.3, 0.4) is 0 Å². The van der Waals surface area contributed by atoms with E-state index in [1.165, 1.54) is 16.2 Å². The minimum absolute atomic E-state index is 1.03. The number of nitrogens with one attached hydrogen (secondary N) is 1. The highest BCUT2D eigenvalue weighted by Gasteiger charge is 1.97. The number of thioether (sulfide) groups is 1. The number of rotatable bonds is 3. The lowest BCUT2D eigenvalue weighted by atomic mass is 10.2. The molecule has 1 aromatic heterocycles. The predicted octanol–water partition coefficient (Wildman–Crippen LogP) is 3.62. The van der Waals surface area contributed by atoms with Gasteiger partial charge in [0.1, 0.15) is 0 Å². The van der Waals surface area contributed by atoms with Gasteiger partial charge in [-0.15, -0.1) is 11.8 Å². The third kappa shape index (κ3) is 2.42. The average Bonchev–Trinajstić information content (AvgIpc) is 2.63. The highest BCUT2D eigenvalue weighted by molar-refractivity contribution is 7.98. The summed E-state index contributed by atoms with van der Waals surface area (Å²) in [7, 11) is 0. The molecule has 0 saturated heterocycles. The van der Waals surface area contributed by atoms with Gasteiger partial charge in [0.2, 0.25) is 0 Å². The zero-order valence-electron chi connectivity index (χ0n) is 8.16. The molecule has 2 heteroatoms. The van der Waals surface area contributed by atoms with Crippen LogP contribution in [0.15, 0.2) is 47.6 Å². The molecule has 0 radical (unpaired) electrons. The van der Waals surface area contributed by atoms with Crippen molar-refractivity contribution in [2.24, 2.45) is 0 Å². The molecule has 1 nitrogen and oxygen atoms in total. The minimum Gasteiger partial charge on any atom is -0.356 e. The Hall–Kier alpha value is -1.15. The molecule has 0 unspecified atom stereocenters. The fraction of sp³-hybridized carbons (Fsp3) is 0.167. The van der Waals surface area contributed by atoms with Gasteiger partial charge in [0.15, 0.2) is 0 Å². The number of aromatic nitrogens is 1. The molecule has 0 fully saturated rings. The molecular formula is C12H13NS. The summed E-state index contributed by atoms with van der Waals surface area (Å²) in [4.78, 5) is 3.24. The number of aryl methyl sites for hydroxylation is 1. The molecule has 0 amide bonds. The topological polar surface area (TPSA) is 15.8 Å². The lowest BCUT2D eigenvalue weighted by Crippen LogP contribution is -1.78. The summed E-state index contributed by atoms with van der Waals surface area (Å²) in [5.41, 5.74) is 2.66. The van der Waals surface area contributed by atoms with Crippen LogP contribution in [0.2, 0.25) is 0 Å². The Morgan fingerprint density at radius 1 is 1.21 bits per heavy atom. The number of hydrogen-bond acceptors (Lipinski definition) is 1. The van der Waals surface area contributed by atoms with E-state index < -0.39 is 0 Å². The van der Waals surface area contributed by atoms with Crippen molar-refractivity contribution < 1.29 is 0 Å². The molecule has 2 rings (SSSR count). The van der Waals surface area contributed by atoms with Gasteiger partial charge in [-0.2, -0.15) is 0 Å². The van der Waals surface area contributed by atoms with E-state index in [4.69, 9.17) is 0 Å². The summed E-state index contributed by atoms with van der Waals surface area (Å²) in [5, 5.41) is 1.24. The molecule has 0 aliphatic rings. The first-order chi connectivity index (χ1) is 6.84. The Balaban J connectivity index is 1.95. The second-order valence-electron chi connectivity index (χ2n) is 3.32. The molecule has 0 aliphatic carbocycles. The molecule has 1 heterocycles. The molecule has 2 aromatic rings. The first-order valence-electron chi connectivity index (χ1n) is 4.66. The highest BCUT2D eigenvalue weighted by atomic mass is 32.2. The summed E-state index contributed by atoms with van der Waals surface area (Å²) in [6.45, 7) is 2.10. The Morgan fingerprint density at radius 3 is 2.64 bits per heavy atom. The molecule has 0 spiro atoms. The van der Waals surface area contributed by atoms with Crippen molar-refractivity contribution >= 4 is 11.8 Å². The van der Waals surface area contributed by atoms with Crippen LogP contribution in [0.5, 0.6) is 0 Å². The van der Waals surface area contributed by atoms with Crippen LogP contribution in [-0.2, 0) is 5.75 Å². The monoisotopic (exact) mass is 203 g/mol. The Morgan fingerprint density at radius 2 is 2.00 bits per heavy atom. The van der Waals surface area contributed by atoms with Gasteiger partial charge in [-0.3, -0.25) is 0 Å². The third-order valence-corrected chi connectivity index (χ3v) is 3.06. The van der Waals surface area contributed by atoms with Crippen LogP contribution >= 0.6 is 11.8 Å². The van der Waals surface area contributed by atoms with Crippen molar-refractivity contribution in [1.82, 2.24) is 4.98 Å². The van der Waals surface area contributed by atoms with E-state index in [-0.39, 0.29) is 0 Å². The molecule has 0 saturated carbocycles. The van der Waals surface area contributed by atoms with Crippen molar-refractivity contribution in [3.63, 3.8) is 0 Å². The van der Waals surface area contributed by atoms with E-state index in [0.717, 1.165) is 5.75 Å². The van der Waals surface area contributed by atoms with Crippen LogP contribution in [0.1, 0.15) is 11.1 Å². The normalized spacial score (nSPS) is 10.4. The van der Waals surface area contributed by atoms with Gasteiger partial charge in [0.05, 0.1) is 5.03 Å². The van der Waals surface area contributed by atoms with Crippen molar-refractivity contribution in [2.75, 3.05) is 0 Å². The summed E-state index contributed by atoms with van der Waals surface area (Å²) < 4.78 is 0. The average molecular weight is 203 g/mol. The van der Waals surface area contributed by atoms with Gasteiger partial charge in [-0.05, 0) is 24.1 Å². The lowest BCUT2D eigenvalue weighted by Gasteiger charge is -1.98. The maximum atomic E-state index is 3.24. The predicted molar refractivity (Wildman–Crippen MR) is 61.5 cm³/mol. The van der Waals surface area contributed by atoms with E-state index in [0.29, 0.717) is 0 Å². The first-order valence-corrected chi connectivity index (χ1v) is 5.65. The van der Waals surface area contributed by atoms with Gasteiger partial charge in [-0.25, -0.2) is 0 Å². The van der Waals surface area contributed by atoms with Crippen LogP contribution in [0, 0.1) is 6.92 Å². The van der Waals surface area contributed by atoms with Crippen molar-refractivity contribution in [1.29, 1.82) is 0 Å². The fourth-order valence-corrected chi connectivity index (χ4v) is 2.22. The Labute approximate surface area is 88.6 Å². The van der Waals surface area contributed by atoms with Crippen molar-refractivity contribution in [3.8, 4) is 0 Å². The summed E-state index contributed by atoms with van der Waals surface area (Å²) in [6.07, 6.45) is 2.04. The number of hydrogen-bond donors (Lipinski definition) is 1. The van der Waals surface area contributed by atoms with E-state index in [1.54, 1.807) is 0 Å². The Kier molecular flexibility index (Phi) is 2.94. The van der Waals surface area contributed by atoms with Crippen molar-refractivity contribution in [3.05, 3.63) is 53.7 Å². The smallest absolute Gasteiger partial charge is 0.0727 e. The van der Waals surface area contributed by atoms with Crippen LogP contribution in [0.4, 0.5) is 0 Å². The zero-order chi connectivity index (χ0) is 9.80. The molecule has 1 N–H and O–H groups in total. The van der Waals surface area contributed by atoms with Crippen molar-refractivity contribution in [2.45, 2.75) is 17.7 Å². The Bertz CT molecular complexity index is 392. The number of benzene rings is 1. The van der Waals surface area contributed by atoms with E-state index in [2.05, 4.69) is 42.2 Å². The molecule has 0 atom stereocenters.